The Morgan fingerprint density at radius 2 is 1.69 bits per heavy atom. The van der Waals surface area contributed by atoms with Crippen molar-refractivity contribution >= 4 is 0 Å². The summed E-state index contributed by atoms with van der Waals surface area (Å²) in [7, 11) is 0. The van der Waals surface area contributed by atoms with Crippen LogP contribution in [0.1, 0.15) is 18.1 Å². The van der Waals surface area contributed by atoms with E-state index in [-0.39, 0.29) is 18.6 Å². The summed E-state index contributed by atoms with van der Waals surface area (Å²) in [5.41, 5.74) is 0.145. The fraction of sp³-hybridized carbons (Fsp3) is 0.333. The van der Waals surface area contributed by atoms with Gasteiger partial charge in [0.25, 0.3) is 0 Å². The molecule has 0 spiro atoms. The van der Waals surface area contributed by atoms with Crippen molar-refractivity contribution < 1.29 is 19.0 Å². The number of rotatable bonds is 3. The van der Waals surface area contributed by atoms with E-state index in [1.165, 1.54) is 0 Å². The molecule has 0 aliphatic heterocycles. The van der Waals surface area contributed by atoms with Gasteiger partial charge in [-0.15, -0.1) is 0 Å². The highest BCUT2D eigenvalue weighted by molar-refractivity contribution is 5.19. The molecule has 0 aliphatic rings. The van der Waals surface area contributed by atoms with E-state index in [2.05, 4.69) is 0 Å². The molecule has 72 valence electrons. The average Bonchev–Trinajstić information content (AvgIpc) is 2.03. The third kappa shape index (κ3) is 2.75. The molecule has 0 aliphatic carbocycles. The van der Waals surface area contributed by atoms with Crippen molar-refractivity contribution in [1.82, 2.24) is 0 Å². The minimum atomic E-state index is -1.02. The Labute approximate surface area is 74.4 Å². The molecule has 0 saturated carbocycles. The van der Waals surface area contributed by atoms with E-state index in [0.29, 0.717) is 0 Å². The molecule has 2 nitrogen and oxygen atoms in total. The summed E-state index contributed by atoms with van der Waals surface area (Å²) in [4.78, 5) is 0. The zero-order chi connectivity index (χ0) is 9.84. The van der Waals surface area contributed by atoms with Crippen LogP contribution in [-0.4, -0.2) is 16.8 Å². The van der Waals surface area contributed by atoms with E-state index in [4.69, 9.17) is 5.11 Å². The lowest BCUT2D eigenvalue weighted by molar-refractivity contribution is 0.133. The van der Waals surface area contributed by atoms with Crippen molar-refractivity contribution in [3.05, 3.63) is 35.4 Å². The summed E-state index contributed by atoms with van der Waals surface area (Å²) in [5.74, 6) is -1.46. The second-order valence-corrected chi connectivity index (χ2v) is 2.73. The van der Waals surface area contributed by atoms with E-state index in [1.807, 2.05) is 0 Å². The van der Waals surface area contributed by atoms with E-state index >= 15 is 0 Å². The quantitative estimate of drug-likeness (QED) is 0.752. The normalized spacial score (nSPS) is 12.9. The smallest absolute Gasteiger partial charge is 0.126 e. The van der Waals surface area contributed by atoms with Crippen molar-refractivity contribution in [2.75, 3.05) is 6.61 Å². The number of benzene rings is 1. The Hall–Kier alpha value is -1.00. The summed E-state index contributed by atoms with van der Waals surface area (Å²) in [6.45, 7) is -0.223. The Morgan fingerprint density at radius 3 is 2.15 bits per heavy atom. The number of aliphatic hydroxyl groups is 2. The van der Waals surface area contributed by atoms with Crippen LogP contribution >= 0.6 is 0 Å². The van der Waals surface area contributed by atoms with Gasteiger partial charge in [0.2, 0.25) is 0 Å². The molecule has 1 aromatic carbocycles. The van der Waals surface area contributed by atoms with Crippen LogP contribution in [0.4, 0.5) is 8.78 Å². The lowest BCUT2D eigenvalue weighted by Gasteiger charge is -2.08. The molecule has 0 saturated heterocycles. The van der Waals surface area contributed by atoms with E-state index in [0.717, 1.165) is 18.2 Å². The minimum absolute atomic E-state index is 0.0723. The van der Waals surface area contributed by atoms with Gasteiger partial charge >= 0.3 is 0 Å². The minimum Gasteiger partial charge on any atom is -0.396 e. The van der Waals surface area contributed by atoms with E-state index in [1.54, 1.807) is 0 Å². The first-order chi connectivity index (χ1) is 6.13. The molecule has 2 N–H and O–H groups in total. The number of hydrogen-bond acceptors (Lipinski definition) is 2. The molecule has 0 fully saturated rings. The lowest BCUT2D eigenvalue weighted by Crippen LogP contribution is -2.01. The van der Waals surface area contributed by atoms with Gasteiger partial charge in [-0.25, -0.2) is 8.78 Å². The maximum Gasteiger partial charge on any atom is 0.126 e. The molecule has 4 heteroatoms. The van der Waals surface area contributed by atoms with Crippen LogP contribution < -0.4 is 0 Å². The average molecular weight is 188 g/mol. The third-order valence-electron chi connectivity index (χ3n) is 1.67. The van der Waals surface area contributed by atoms with Crippen LogP contribution in [0, 0.1) is 11.6 Å². The van der Waals surface area contributed by atoms with Crippen LogP contribution in [0.2, 0.25) is 0 Å². The Kier molecular flexibility index (Phi) is 3.33. The van der Waals surface area contributed by atoms with Crippen LogP contribution in [-0.2, 0) is 0 Å². The van der Waals surface area contributed by atoms with Crippen molar-refractivity contribution in [1.29, 1.82) is 0 Å². The number of hydrogen-bond donors (Lipinski definition) is 2. The van der Waals surface area contributed by atoms with Crippen molar-refractivity contribution in [2.45, 2.75) is 12.5 Å². The molecule has 13 heavy (non-hydrogen) atoms. The summed E-state index contributed by atoms with van der Waals surface area (Å²) in [5, 5.41) is 17.8. The molecular formula is C9H10F2O2. The summed E-state index contributed by atoms with van der Waals surface area (Å²) in [6, 6.07) is 2.82. The van der Waals surface area contributed by atoms with Crippen LogP contribution in [0.25, 0.3) is 0 Å². The fourth-order valence-electron chi connectivity index (χ4n) is 1.06. The topological polar surface area (TPSA) is 40.5 Å². The monoisotopic (exact) mass is 188 g/mol. The fourth-order valence-corrected chi connectivity index (χ4v) is 1.06. The second-order valence-electron chi connectivity index (χ2n) is 2.73. The zero-order valence-corrected chi connectivity index (χ0v) is 6.87. The zero-order valence-electron chi connectivity index (χ0n) is 6.87. The Morgan fingerprint density at radius 1 is 1.15 bits per heavy atom. The van der Waals surface area contributed by atoms with Gasteiger partial charge in [0.15, 0.2) is 0 Å². The molecule has 0 bridgehead atoms. The molecule has 0 unspecified atom stereocenters. The van der Waals surface area contributed by atoms with E-state index < -0.39 is 17.7 Å². The van der Waals surface area contributed by atoms with Crippen molar-refractivity contribution in [3.63, 3.8) is 0 Å². The molecule has 0 aromatic heterocycles. The van der Waals surface area contributed by atoms with Gasteiger partial charge < -0.3 is 10.2 Å². The van der Waals surface area contributed by atoms with Gasteiger partial charge in [0.05, 0.1) is 6.10 Å². The summed E-state index contributed by atoms with van der Waals surface area (Å²) in [6.07, 6.45) is -0.946. The second kappa shape index (κ2) is 4.30. The Balaban J connectivity index is 2.87. The highest BCUT2D eigenvalue weighted by Gasteiger charge is 2.09. The molecule has 0 heterocycles. The molecular weight excluding hydrogens is 178 g/mol. The predicted molar refractivity (Wildman–Crippen MR) is 43.0 cm³/mol. The van der Waals surface area contributed by atoms with E-state index in [9.17, 15) is 13.9 Å². The van der Waals surface area contributed by atoms with Gasteiger partial charge in [-0.3, -0.25) is 0 Å². The summed E-state index contributed by atoms with van der Waals surface area (Å²) < 4.78 is 25.2. The molecule has 0 radical (unpaired) electrons. The van der Waals surface area contributed by atoms with Gasteiger partial charge in [0.1, 0.15) is 11.6 Å². The van der Waals surface area contributed by atoms with Crippen LogP contribution in [0.5, 0.6) is 0 Å². The van der Waals surface area contributed by atoms with Gasteiger partial charge in [-0.2, -0.15) is 0 Å². The largest absolute Gasteiger partial charge is 0.396 e. The van der Waals surface area contributed by atoms with Crippen LogP contribution in [0.3, 0.4) is 0 Å². The van der Waals surface area contributed by atoms with Crippen molar-refractivity contribution in [3.8, 4) is 0 Å². The maximum atomic E-state index is 12.6. The first-order valence-corrected chi connectivity index (χ1v) is 3.88. The van der Waals surface area contributed by atoms with Gasteiger partial charge in [-0.1, -0.05) is 0 Å². The first kappa shape index (κ1) is 10.1. The lowest BCUT2D eigenvalue weighted by atomic mass is 10.1. The highest BCUT2D eigenvalue weighted by atomic mass is 19.1. The SMILES string of the molecule is OCC[C@H](O)c1cc(F)cc(F)c1. The number of halogens is 2. The number of aliphatic hydroxyl groups excluding tert-OH is 2. The predicted octanol–water partition coefficient (Wildman–Crippen LogP) is 1.38. The molecule has 1 aromatic rings. The Bertz CT molecular complexity index is 269. The first-order valence-electron chi connectivity index (χ1n) is 3.88. The van der Waals surface area contributed by atoms with Crippen molar-refractivity contribution in [2.24, 2.45) is 0 Å². The summed E-state index contributed by atoms with van der Waals surface area (Å²) >= 11 is 0. The van der Waals surface area contributed by atoms with Gasteiger partial charge in [0, 0.05) is 19.1 Å². The molecule has 0 amide bonds. The standard InChI is InChI=1S/C9H10F2O2/c10-7-3-6(4-8(11)5-7)9(13)1-2-12/h3-5,9,12-13H,1-2H2/t9-/m0/s1. The molecule has 1 rings (SSSR count). The van der Waals surface area contributed by atoms with Gasteiger partial charge in [-0.05, 0) is 17.7 Å². The third-order valence-corrected chi connectivity index (χ3v) is 1.67. The maximum absolute atomic E-state index is 12.6. The highest BCUT2D eigenvalue weighted by Crippen LogP contribution is 2.18. The molecule has 1 atom stereocenters. The van der Waals surface area contributed by atoms with Crippen LogP contribution in [0.15, 0.2) is 18.2 Å².